The SMILES string of the molecule is CC1CCC(N2CCN(C(=O)c3cccc(F)c3)CC2)CC1.O=C(O)C(=O)O. The molecule has 0 atom stereocenters. The summed E-state index contributed by atoms with van der Waals surface area (Å²) in [5, 5.41) is 14.8. The lowest BCUT2D eigenvalue weighted by molar-refractivity contribution is -0.159. The van der Waals surface area contributed by atoms with Gasteiger partial charge >= 0.3 is 11.9 Å². The van der Waals surface area contributed by atoms with Crippen molar-refractivity contribution >= 4 is 17.8 Å². The van der Waals surface area contributed by atoms with Gasteiger partial charge in [0.1, 0.15) is 5.82 Å². The number of rotatable bonds is 2. The van der Waals surface area contributed by atoms with Crippen LogP contribution in [0.15, 0.2) is 24.3 Å². The number of carbonyl (C=O) groups is 3. The van der Waals surface area contributed by atoms with E-state index in [0.717, 1.165) is 32.1 Å². The number of carbonyl (C=O) groups excluding carboxylic acids is 1. The van der Waals surface area contributed by atoms with Gasteiger partial charge in [0.2, 0.25) is 0 Å². The van der Waals surface area contributed by atoms with Gasteiger partial charge in [0, 0.05) is 37.8 Å². The number of carboxylic acid groups (broad SMARTS) is 2. The summed E-state index contributed by atoms with van der Waals surface area (Å²) in [4.78, 5) is 35.0. The van der Waals surface area contributed by atoms with Crippen molar-refractivity contribution in [2.45, 2.75) is 38.6 Å². The molecular formula is C20H27FN2O5. The van der Waals surface area contributed by atoms with E-state index < -0.39 is 11.9 Å². The van der Waals surface area contributed by atoms with E-state index in [9.17, 15) is 9.18 Å². The zero-order valence-electron chi connectivity index (χ0n) is 16.0. The smallest absolute Gasteiger partial charge is 0.414 e. The van der Waals surface area contributed by atoms with Crippen LogP contribution in [-0.2, 0) is 9.59 Å². The Morgan fingerprint density at radius 1 is 0.964 bits per heavy atom. The van der Waals surface area contributed by atoms with Gasteiger partial charge in [-0.1, -0.05) is 13.0 Å². The number of hydrogen-bond donors (Lipinski definition) is 2. The molecule has 1 heterocycles. The van der Waals surface area contributed by atoms with Crippen LogP contribution < -0.4 is 0 Å². The normalized spacial score (nSPS) is 22.7. The Kier molecular flexibility index (Phi) is 7.92. The van der Waals surface area contributed by atoms with E-state index in [2.05, 4.69) is 11.8 Å². The third-order valence-electron chi connectivity index (χ3n) is 5.36. The maximum Gasteiger partial charge on any atom is 0.414 e. The van der Waals surface area contributed by atoms with Crippen LogP contribution in [-0.4, -0.2) is 70.1 Å². The Morgan fingerprint density at radius 2 is 1.54 bits per heavy atom. The second-order valence-electron chi connectivity index (χ2n) is 7.36. The maximum absolute atomic E-state index is 13.3. The van der Waals surface area contributed by atoms with E-state index in [4.69, 9.17) is 19.8 Å². The van der Waals surface area contributed by atoms with Gasteiger partial charge in [-0.15, -0.1) is 0 Å². The van der Waals surface area contributed by atoms with Gasteiger partial charge in [0.15, 0.2) is 0 Å². The molecule has 7 nitrogen and oxygen atoms in total. The molecule has 1 saturated carbocycles. The fourth-order valence-electron chi connectivity index (χ4n) is 3.70. The monoisotopic (exact) mass is 394 g/mol. The van der Waals surface area contributed by atoms with Gasteiger partial charge in [-0.05, 0) is 49.8 Å². The average molecular weight is 394 g/mol. The molecule has 1 aromatic carbocycles. The van der Waals surface area contributed by atoms with E-state index in [1.165, 1.54) is 37.8 Å². The molecule has 3 rings (SSSR count). The molecule has 0 aromatic heterocycles. The van der Waals surface area contributed by atoms with Crippen molar-refractivity contribution in [3.8, 4) is 0 Å². The summed E-state index contributed by atoms with van der Waals surface area (Å²) in [5.41, 5.74) is 0.458. The van der Waals surface area contributed by atoms with Crippen LogP contribution >= 0.6 is 0 Å². The second-order valence-corrected chi connectivity index (χ2v) is 7.36. The van der Waals surface area contributed by atoms with Gasteiger partial charge in [0.25, 0.3) is 5.91 Å². The third kappa shape index (κ3) is 6.30. The average Bonchev–Trinajstić information content (AvgIpc) is 2.68. The minimum absolute atomic E-state index is 0.0450. The van der Waals surface area contributed by atoms with Crippen molar-refractivity contribution in [3.63, 3.8) is 0 Å². The Balaban J connectivity index is 0.000000409. The highest BCUT2D eigenvalue weighted by atomic mass is 19.1. The van der Waals surface area contributed by atoms with Crippen molar-refractivity contribution in [1.82, 2.24) is 9.80 Å². The van der Waals surface area contributed by atoms with Gasteiger partial charge < -0.3 is 15.1 Å². The van der Waals surface area contributed by atoms with Crippen molar-refractivity contribution in [2.24, 2.45) is 5.92 Å². The highest BCUT2D eigenvalue weighted by molar-refractivity contribution is 6.27. The molecule has 1 aliphatic carbocycles. The first kappa shape index (κ1) is 21.8. The van der Waals surface area contributed by atoms with E-state index in [-0.39, 0.29) is 11.7 Å². The van der Waals surface area contributed by atoms with Crippen LogP contribution in [0.5, 0.6) is 0 Å². The number of aliphatic carboxylic acids is 2. The summed E-state index contributed by atoms with van der Waals surface area (Å²) in [5.74, 6) is -3.17. The predicted molar refractivity (Wildman–Crippen MR) is 101 cm³/mol. The first-order valence-corrected chi connectivity index (χ1v) is 9.53. The molecular weight excluding hydrogens is 367 g/mol. The molecule has 0 radical (unpaired) electrons. The Hall–Kier alpha value is -2.48. The Morgan fingerprint density at radius 3 is 2.04 bits per heavy atom. The summed E-state index contributed by atoms with van der Waals surface area (Å²) in [6.07, 6.45) is 5.23. The molecule has 28 heavy (non-hydrogen) atoms. The van der Waals surface area contributed by atoms with Gasteiger partial charge in [0.05, 0.1) is 0 Å². The molecule has 8 heteroatoms. The number of piperazine rings is 1. The number of nitrogens with zero attached hydrogens (tertiary/aromatic N) is 2. The summed E-state index contributed by atoms with van der Waals surface area (Å²) >= 11 is 0. The van der Waals surface area contributed by atoms with Gasteiger partial charge in [-0.3, -0.25) is 9.69 Å². The van der Waals surface area contributed by atoms with Crippen molar-refractivity contribution in [3.05, 3.63) is 35.6 Å². The molecule has 2 N–H and O–H groups in total. The first-order valence-electron chi connectivity index (χ1n) is 9.53. The van der Waals surface area contributed by atoms with Crippen molar-refractivity contribution in [1.29, 1.82) is 0 Å². The number of halogens is 1. The summed E-state index contributed by atoms with van der Waals surface area (Å²) < 4.78 is 13.3. The van der Waals surface area contributed by atoms with Crippen LogP contribution in [0.25, 0.3) is 0 Å². The lowest BCUT2D eigenvalue weighted by Crippen LogP contribution is -2.52. The minimum atomic E-state index is -1.82. The zero-order valence-corrected chi connectivity index (χ0v) is 16.0. The molecule has 154 valence electrons. The van der Waals surface area contributed by atoms with Crippen molar-refractivity contribution < 1.29 is 29.0 Å². The summed E-state index contributed by atoms with van der Waals surface area (Å²) in [6, 6.07) is 6.70. The molecule has 1 aromatic rings. The standard InChI is InChI=1S/C18H25FN2O.C2H2O4/c1-14-5-7-17(8-6-14)20-9-11-21(12-10-20)18(22)15-3-2-4-16(19)13-15;3-1(4)2(5)6/h2-4,13-14,17H,5-12H2,1H3;(H,3,4)(H,5,6). The number of benzene rings is 1. The van der Waals surface area contributed by atoms with Crippen molar-refractivity contribution in [2.75, 3.05) is 26.2 Å². The molecule has 0 spiro atoms. The number of hydrogen-bond acceptors (Lipinski definition) is 4. The van der Waals surface area contributed by atoms with E-state index in [1.54, 1.807) is 12.1 Å². The minimum Gasteiger partial charge on any atom is -0.473 e. The van der Waals surface area contributed by atoms with Crippen LogP contribution in [0.2, 0.25) is 0 Å². The zero-order chi connectivity index (χ0) is 20.7. The molecule has 1 saturated heterocycles. The van der Waals surface area contributed by atoms with E-state index in [0.29, 0.717) is 11.6 Å². The Bertz CT molecular complexity index is 684. The fourth-order valence-corrected chi connectivity index (χ4v) is 3.70. The molecule has 2 aliphatic rings. The molecule has 1 amide bonds. The molecule has 2 fully saturated rings. The van der Waals surface area contributed by atoms with Gasteiger partial charge in [-0.25, -0.2) is 14.0 Å². The fraction of sp³-hybridized carbons (Fsp3) is 0.550. The molecule has 0 unspecified atom stereocenters. The lowest BCUT2D eigenvalue weighted by atomic mass is 9.86. The first-order chi connectivity index (χ1) is 13.3. The van der Waals surface area contributed by atoms with Crippen LogP contribution in [0.1, 0.15) is 43.0 Å². The number of carboxylic acids is 2. The third-order valence-corrected chi connectivity index (χ3v) is 5.36. The van der Waals surface area contributed by atoms with Crippen LogP contribution in [0.3, 0.4) is 0 Å². The molecule has 1 aliphatic heterocycles. The van der Waals surface area contributed by atoms with Crippen LogP contribution in [0, 0.1) is 11.7 Å². The topological polar surface area (TPSA) is 98.2 Å². The molecule has 0 bridgehead atoms. The van der Waals surface area contributed by atoms with Gasteiger partial charge in [-0.2, -0.15) is 0 Å². The second kappa shape index (κ2) is 10.2. The Labute approximate surface area is 163 Å². The summed E-state index contributed by atoms with van der Waals surface area (Å²) in [7, 11) is 0. The van der Waals surface area contributed by atoms with Crippen LogP contribution in [0.4, 0.5) is 4.39 Å². The quantitative estimate of drug-likeness (QED) is 0.747. The van der Waals surface area contributed by atoms with E-state index >= 15 is 0 Å². The highest BCUT2D eigenvalue weighted by Gasteiger charge is 2.28. The highest BCUT2D eigenvalue weighted by Crippen LogP contribution is 2.27. The predicted octanol–water partition coefficient (Wildman–Crippen LogP) is 2.32. The largest absolute Gasteiger partial charge is 0.473 e. The summed E-state index contributed by atoms with van der Waals surface area (Å²) in [6.45, 7) is 5.73. The maximum atomic E-state index is 13.3. The number of amides is 1. The lowest BCUT2D eigenvalue weighted by Gasteiger charge is -2.41. The van der Waals surface area contributed by atoms with E-state index in [1.807, 2.05) is 4.90 Å².